The highest BCUT2D eigenvalue weighted by Crippen LogP contribution is 2.29. The van der Waals surface area contributed by atoms with E-state index in [2.05, 4.69) is 20.3 Å². The van der Waals surface area contributed by atoms with E-state index in [4.69, 9.17) is 0 Å². The number of nitrogens with zero attached hydrogens (tertiary/aromatic N) is 4. The Labute approximate surface area is 135 Å². The highest BCUT2D eigenvalue weighted by molar-refractivity contribution is 5.92. The first-order valence-corrected chi connectivity index (χ1v) is 7.28. The summed E-state index contributed by atoms with van der Waals surface area (Å²) in [5, 5.41) is 2.84. The number of anilines is 1. The van der Waals surface area contributed by atoms with Gasteiger partial charge in [0.15, 0.2) is 0 Å². The molecule has 0 aromatic carbocycles. The van der Waals surface area contributed by atoms with Crippen molar-refractivity contribution in [2.75, 3.05) is 18.0 Å². The third kappa shape index (κ3) is 3.61. The number of amides is 1. The van der Waals surface area contributed by atoms with Gasteiger partial charge in [0, 0.05) is 37.7 Å². The van der Waals surface area contributed by atoms with Crippen molar-refractivity contribution in [3.63, 3.8) is 0 Å². The van der Waals surface area contributed by atoms with Crippen LogP contribution in [-0.2, 0) is 6.18 Å². The zero-order valence-corrected chi connectivity index (χ0v) is 12.5. The molecule has 0 bridgehead atoms. The normalized spacial score (nSPS) is 17.8. The lowest BCUT2D eigenvalue weighted by Gasteiger charge is -2.18. The van der Waals surface area contributed by atoms with E-state index < -0.39 is 11.7 Å². The number of alkyl halides is 3. The largest absolute Gasteiger partial charge is 0.417 e. The van der Waals surface area contributed by atoms with Crippen LogP contribution in [0.4, 0.5) is 19.0 Å². The topological polar surface area (TPSA) is 71.0 Å². The molecule has 1 amide bonds. The summed E-state index contributed by atoms with van der Waals surface area (Å²) in [7, 11) is 0. The van der Waals surface area contributed by atoms with Crippen LogP contribution in [0.2, 0.25) is 0 Å². The first kappa shape index (κ1) is 16.2. The number of halogens is 3. The van der Waals surface area contributed by atoms with E-state index in [-0.39, 0.29) is 17.6 Å². The van der Waals surface area contributed by atoms with Gasteiger partial charge in [-0.1, -0.05) is 0 Å². The molecule has 1 aliphatic heterocycles. The Kier molecular flexibility index (Phi) is 4.32. The molecule has 1 unspecified atom stereocenters. The molecule has 2 aromatic heterocycles. The Hall–Kier alpha value is -2.71. The SMILES string of the molecule is O=C(NC1CCN(c2ccc(C(F)(F)F)cn2)C1)c1cnccn1. The average molecular weight is 337 g/mol. The minimum absolute atomic E-state index is 0.122. The van der Waals surface area contributed by atoms with Crippen LogP contribution in [0, 0.1) is 0 Å². The Morgan fingerprint density at radius 3 is 2.67 bits per heavy atom. The van der Waals surface area contributed by atoms with Gasteiger partial charge in [0.25, 0.3) is 5.91 Å². The minimum Gasteiger partial charge on any atom is -0.354 e. The van der Waals surface area contributed by atoms with E-state index in [0.717, 1.165) is 12.3 Å². The van der Waals surface area contributed by atoms with Gasteiger partial charge in [0.1, 0.15) is 11.5 Å². The number of nitrogens with one attached hydrogen (secondary N) is 1. The van der Waals surface area contributed by atoms with Gasteiger partial charge in [-0.2, -0.15) is 13.2 Å². The first-order valence-electron chi connectivity index (χ1n) is 7.28. The fraction of sp³-hybridized carbons (Fsp3) is 0.333. The van der Waals surface area contributed by atoms with Crippen molar-refractivity contribution in [3.8, 4) is 0 Å². The van der Waals surface area contributed by atoms with Crippen LogP contribution < -0.4 is 10.2 Å². The van der Waals surface area contributed by atoms with E-state index in [1.54, 1.807) is 0 Å². The fourth-order valence-corrected chi connectivity index (χ4v) is 2.50. The average Bonchev–Trinajstić information content (AvgIpc) is 3.03. The number of hydrogen-bond acceptors (Lipinski definition) is 5. The molecule has 3 heterocycles. The van der Waals surface area contributed by atoms with Crippen LogP contribution in [0.1, 0.15) is 22.5 Å². The van der Waals surface area contributed by atoms with Crippen molar-refractivity contribution in [1.29, 1.82) is 0 Å². The maximum atomic E-state index is 12.6. The molecule has 126 valence electrons. The van der Waals surface area contributed by atoms with E-state index in [1.807, 2.05) is 4.90 Å². The van der Waals surface area contributed by atoms with Crippen LogP contribution in [0.5, 0.6) is 0 Å². The van der Waals surface area contributed by atoms with E-state index in [1.165, 1.54) is 24.7 Å². The summed E-state index contributed by atoms with van der Waals surface area (Å²) < 4.78 is 37.7. The van der Waals surface area contributed by atoms with Gasteiger partial charge in [-0.3, -0.25) is 9.78 Å². The molecule has 1 aliphatic rings. The summed E-state index contributed by atoms with van der Waals surface area (Å²) in [5.41, 5.74) is -0.554. The van der Waals surface area contributed by atoms with Gasteiger partial charge >= 0.3 is 6.18 Å². The van der Waals surface area contributed by atoms with E-state index in [9.17, 15) is 18.0 Å². The quantitative estimate of drug-likeness (QED) is 0.926. The van der Waals surface area contributed by atoms with Gasteiger partial charge in [-0.05, 0) is 18.6 Å². The zero-order valence-electron chi connectivity index (χ0n) is 12.5. The molecule has 9 heteroatoms. The lowest BCUT2D eigenvalue weighted by atomic mass is 10.2. The van der Waals surface area contributed by atoms with Crippen molar-refractivity contribution >= 4 is 11.7 Å². The van der Waals surface area contributed by atoms with E-state index in [0.29, 0.717) is 25.3 Å². The first-order chi connectivity index (χ1) is 11.4. The molecule has 0 saturated carbocycles. The molecule has 1 atom stereocenters. The highest BCUT2D eigenvalue weighted by atomic mass is 19.4. The smallest absolute Gasteiger partial charge is 0.354 e. The number of rotatable bonds is 3. The number of hydrogen-bond donors (Lipinski definition) is 1. The van der Waals surface area contributed by atoms with Crippen molar-refractivity contribution in [2.24, 2.45) is 0 Å². The van der Waals surface area contributed by atoms with Gasteiger partial charge in [-0.25, -0.2) is 9.97 Å². The molecule has 1 fully saturated rings. The molecular formula is C15H14F3N5O. The molecule has 0 radical (unpaired) electrons. The van der Waals surface area contributed by atoms with Crippen molar-refractivity contribution in [2.45, 2.75) is 18.6 Å². The van der Waals surface area contributed by atoms with Crippen molar-refractivity contribution < 1.29 is 18.0 Å². The summed E-state index contributed by atoms with van der Waals surface area (Å²) in [5.74, 6) is 0.134. The molecule has 3 rings (SSSR count). The summed E-state index contributed by atoms with van der Waals surface area (Å²) in [6.45, 7) is 1.08. The standard InChI is InChI=1S/C15H14F3N5O/c16-15(17,18)10-1-2-13(21-7-10)23-6-3-11(9-23)22-14(24)12-8-19-4-5-20-12/h1-2,4-5,7-8,11H,3,6,9H2,(H,22,24). The Bertz CT molecular complexity index is 705. The lowest BCUT2D eigenvalue weighted by molar-refractivity contribution is -0.137. The van der Waals surface area contributed by atoms with Gasteiger partial charge in [-0.15, -0.1) is 0 Å². The molecule has 2 aromatic rings. The summed E-state index contributed by atoms with van der Waals surface area (Å²) in [4.78, 5) is 25.5. The Morgan fingerprint density at radius 1 is 1.21 bits per heavy atom. The number of pyridine rings is 1. The second-order valence-electron chi connectivity index (χ2n) is 5.40. The molecule has 0 spiro atoms. The zero-order chi connectivity index (χ0) is 17.2. The molecule has 6 nitrogen and oxygen atoms in total. The number of aromatic nitrogens is 3. The van der Waals surface area contributed by atoms with Crippen LogP contribution in [-0.4, -0.2) is 40.0 Å². The predicted octanol–water partition coefficient (Wildman–Crippen LogP) is 1.90. The van der Waals surface area contributed by atoms with Crippen LogP contribution in [0.15, 0.2) is 36.9 Å². The lowest BCUT2D eigenvalue weighted by Crippen LogP contribution is -2.37. The number of carbonyl (C=O) groups excluding carboxylic acids is 1. The van der Waals surface area contributed by atoms with Crippen LogP contribution in [0.25, 0.3) is 0 Å². The van der Waals surface area contributed by atoms with Crippen molar-refractivity contribution in [1.82, 2.24) is 20.3 Å². The second-order valence-corrected chi connectivity index (χ2v) is 5.40. The van der Waals surface area contributed by atoms with E-state index >= 15 is 0 Å². The monoisotopic (exact) mass is 337 g/mol. The molecule has 1 saturated heterocycles. The second kappa shape index (κ2) is 6.42. The molecule has 1 N–H and O–H groups in total. The molecule has 24 heavy (non-hydrogen) atoms. The van der Waals surface area contributed by atoms with Crippen LogP contribution in [0.3, 0.4) is 0 Å². The Balaban J connectivity index is 1.60. The number of carbonyl (C=O) groups is 1. The maximum absolute atomic E-state index is 12.6. The summed E-state index contributed by atoms with van der Waals surface area (Å²) in [6.07, 6.45) is 1.38. The van der Waals surface area contributed by atoms with Crippen molar-refractivity contribution in [3.05, 3.63) is 48.2 Å². The van der Waals surface area contributed by atoms with Gasteiger partial charge in [0.2, 0.25) is 0 Å². The predicted molar refractivity (Wildman–Crippen MR) is 79.4 cm³/mol. The van der Waals surface area contributed by atoms with Gasteiger partial charge in [0.05, 0.1) is 11.8 Å². The molecular weight excluding hydrogens is 323 g/mol. The summed E-state index contributed by atoms with van der Waals surface area (Å²) in [6, 6.07) is 2.23. The van der Waals surface area contributed by atoms with Crippen LogP contribution >= 0.6 is 0 Å². The highest BCUT2D eigenvalue weighted by Gasteiger charge is 2.31. The summed E-state index contributed by atoms with van der Waals surface area (Å²) >= 11 is 0. The minimum atomic E-state index is -4.40. The fourth-order valence-electron chi connectivity index (χ4n) is 2.50. The Morgan fingerprint density at radius 2 is 2.04 bits per heavy atom. The molecule has 0 aliphatic carbocycles. The van der Waals surface area contributed by atoms with Gasteiger partial charge < -0.3 is 10.2 Å². The third-order valence-electron chi connectivity index (χ3n) is 3.72. The third-order valence-corrected chi connectivity index (χ3v) is 3.72. The maximum Gasteiger partial charge on any atom is 0.417 e.